The minimum Gasteiger partial charge on any atom is -0.493 e. The third kappa shape index (κ3) is 4.03. The monoisotopic (exact) mass is 241 g/mol. The summed E-state index contributed by atoms with van der Waals surface area (Å²) in [6.07, 6.45) is 0.116. The number of carbonyl (C=O) groups excluding carboxylic acids is 1. The lowest BCUT2D eigenvalue weighted by Crippen LogP contribution is -2.11. The molecule has 0 unspecified atom stereocenters. The van der Waals surface area contributed by atoms with Gasteiger partial charge in [-0.2, -0.15) is 0 Å². The highest BCUT2D eigenvalue weighted by atomic mass is 19.1. The van der Waals surface area contributed by atoms with Crippen LogP contribution in [0.4, 0.5) is 4.39 Å². The first kappa shape index (κ1) is 13.4. The fourth-order valence-corrected chi connectivity index (χ4v) is 1.36. The largest absolute Gasteiger partial charge is 0.493 e. The molecule has 4 nitrogen and oxygen atoms in total. The van der Waals surface area contributed by atoms with Crippen LogP contribution in [0, 0.1) is 5.82 Å². The Balaban J connectivity index is 2.68. The number of hydrogen-bond acceptors (Lipinski definition) is 4. The first-order chi connectivity index (χ1) is 8.04. The lowest BCUT2D eigenvalue weighted by Gasteiger charge is -2.13. The van der Waals surface area contributed by atoms with Crippen molar-refractivity contribution in [3.8, 4) is 5.75 Å². The minimum absolute atomic E-state index is 0.116. The average molecular weight is 241 g/mol. The molecule has 94 valence electrons. The van der Waals surface area contributed by atoms with Gasteiger partial charge in [0.05, 0.1) is 20.1 Å². The molecule has 1 atom stereocenters. The number of benzene rings is 1. The van der Waals surface area contributed by atoms with Gasteiger partial charge in [-0.3, -0.25) is 4.79 Å². The molecule has 17 heavy (non-hydrogen) atoms. The van der Waals surface area contributed by atoms with Crippen LogP contribution in [0.15, 0.2) is 18.2 Å². The molecule has 0 spiro atoms. The topological polar surface area (TPSA) is 61.5 Å². The van der Waals surface area contributed by atoms with E-state index in [0.29, 0.717) is 11.3 Å². The lowest BCUT2D eigenvalue weighted by molar-refractivity contribution is -0.141. The van der Waals surface area contributed by atoms with Crippen LogP contribution in [0.1, 0.15) is 24.9 Å². The van der Waals surface area contributed by atoms with Crippen LogP contribution in [0.2, 0.25) is 0 Å². The first-order valence-corrected chi connectivity index (χ1v) is 5.29. The molecule has 0 fully saturated rings. The zero-order valence-electron chi connectivity index (χ0n) is 9.90. The summed E-state index contributed by atoms with van der Waals surface area (Å²) in [5.41, 5.74) is 6.43. The van der Waals surface area contributed by atoms with Gasteiger partial charge in [-0.05, 0) is 13.0 Å². The Morgan fingerprint density at radius 2 is 2.24 bits per heavy atom. The van der Waals surface area contributed by atoms with Crippen LogP contribution in [-0.4, -0.2) is 19.7 Å². The maximum absolute atomic E-state index is 13.1. The molecule has 0 saturated carbocycles. The molecule has 0 aromatic heterocycles. The van der Waals surface area contributed by atoms with Crippen molar-refractivity contribution < 1.29 is 18.7 Å². The van der Waals surface area contributed by atoms with Crippen molar-refractivity contribution >= 4 is 5.97 Å². The molecule has 0 heterocycles. The van der Waals surface area contributed by atoms with Gasteiger partial charge in [0, 0.05) is 17.7 Å². The number of nitrogens with two attached hydrogens (primary N) is 1. The number of esters is 1. The molecule has 0 radical (unpaired) electrons. The summed E-state index contributed by atoms with van der Waals surface area (Å²) in [5.74, 6) is -0.407. The Kier molecular flexibility index (Phi) is 4.90. The molecule has 0 saturated heterocycles. The number of methoxy groups -OCH3 is 1. The van der Waals surface area contributed by atoms with E-state index in [4.69, 9.17) is 10.5 Å². The van der Waals surface area contributed by atoms with Crippen LogP contribution in [0.3, 0.4) is 0 Å². The Labute approximate surface area is 99.5 Å². The molecule has 1 aromatic carbocycles. The Morgan fingerprint density at radius 3 is 2.82 bits per heavy atom. The standard InChI is InChI=1S/C12H16FNO3/c1-8(14)10-4-3-9(13)7-11(10)17-6-5-12(15)16-2/h3-4,7-8H,5-6,14H2,1-2H3/t8-/m1/s1. The minimum atomic E-state index is -0.400. The zero-order chi connectivity index (χ0) is 12.8. The third-order valence-corrected chi connectivity index (χ3v) is 2.26. The summed E-state index contributed by atoms with van der Waals surface area (Å²) in [5, 5.41) is 0. The van der Waals surface area contributed by atoms with Crippen molar-refractivity contribution in [2.24, 2.45) is 5.73 Å². The van der Waals surface area contributed by atoms with Gasteiger partial charge in [0.2, 0.25) is 0 Å². The number of hydrogen-bond donors (Lipinski definition) is 1. The van der Waals surface area contributed by atoms with Gasteiger partial charge in [0.1, 0.15) is 11.6 Å². The van der Waals surface area contributed by atoms with E-state index in [0.717, 1.165) is 0 Å². The summed E-state index contributed by atoms with van der Waals surface area (Å²) >= 11 is 0. The quantitative estimate of drug-likeness (QED) is 0.798. The normalized spacial score (nSPS) is 12.0. The Morgan fingerprint density at radius 1 is 1.53 bits per heavy atom. The predicted octanol–water partition coefficient (Wildman–Crippen LogP) is 1.79. The van der Waals surface area contributed by atoms with Gasteiger partial charge in [-0.25, -0.2) is 4.39 Å². The number of carbonyl (C=O) groups is 1. The smallest absolute Gasteiger partial charge is 0.308 e. The summed E-state index contributed by atoms with van der Waals surface area (Å²) in [7, 11) is 1.30. The molecular weight excluding hydrogens is 225 g/mol. The van der Waals surface area contributed by atoms with Crippen LogP contribution in [0.25, 0.3) is 0 Å². The molecule has 1 aromatic rings. The van der Waals surface area contributed by atoms with Crippen LogP contribution < -0.4 is 10.5 Å². The lowest BCUT2D eigenvalue weighted by atomic mass is 10.1. The van der Waals surface area contributed by atoms with E-state index in [-0.39, 0.29) is 25.0 Å². The van der Waals surface area contributed by atoms with Crippen LogP contribution in [0.5, 0.6) is 5.75 Å². The van der Waals surface area contributed by atoms with E-state index in [1.54, 1.807) is 13.0 Å². The van der Waals surface area contributed by atoms with Gasteiger partial charge in [0.25, 0.3) is 0 Å². The van der Waals surface area contributed by atoms with Gasteiger partial charge < -0.3 is 15.2 Å². The molecular formula is C12H16FNO3. The van der Waals surface area contributed by atoms with Gasteiger partial charge in [-0.15, -0.1) is 0 Å². The Bertz CT molecular complexity index is 393. The van der Waals surface area contributed by atoms with Crippen molar-refractivity contribution in [2.75, 3.05) is 13.7 Å². The zero-order valence-corrected chi connectivity index (χ0v) is 9.90. The summed E-state index contributed by atoms with van der Waals surface area (Å²) in [6, 6.07) is 3.90. The van der Waals surface area contributed by atoms with E-state index in [9.17, 15) is 9.18 Å². The van der Waals surface area contributed by atoms with Gasteiger partial charge >= 0.3 is 5.97 Å². The Hall–Kier alpha value is -1.62. The molecule has 2 N–H and O–H groups in total. The highest BCUT2D eigenvalue weighted by Gasteiger charge is 2.10. The fraction of sp³-hybridized carbons (Fsp3) is 0.417. The molecule has 1 rings (SSSR count). The van der Waals surface area contributed by atoms with E-state index in [2.05, 4.69) is 4.74 Å². The van der Waals surface area contributed by atoms with E-state index in [1.807, 2.05) is 0 Å². The van der Waals surface area contributed by atoms with Gasteiger partial charge in [-0.1, -0.05) is 6.07 Å². The predicted molar refractivity (Wildman–Crippen MR) is 61.1 cm³/mol. The third-order valence-electron chi connectivity index (χ3n) is 2.26. The molecule has 0 aliphatic rings. The van der Waals surface area contributed by atoms with E-state index in [1.165, 1.54) is 19.2 Å². The van der Waals surface area contributed by atoms with Crippen molar-refractivity contribution in [3.05, 3.63) is 29.6 Å². The summed E-state index contributed by atoms with van der Waals surface area (Å²) in [4.78, 5) is 10.9. The SMILES string of the molecule is COC(=O)CCOc1cc(F)ccc1[C@@H](C)N. The first-order valence-electron chi connectivity index (χ1n) is 5.29. The summed E-state index contributed by atoms with van der Waals surface area (Å²) in [6.45, 7) is 1.91. The van der Waals surface area contributed by atoms with Crippen molar-refractivity contribution in [2.45, 2.75) is 19.4 Å². The highest BCUT2D eigenvalue weighted by molar-refractivity contribution is 5.69. The number of ether oxygens (including phenoxy) is 2. The van der Waals surface area contributed by atoms with Crippen molar-refractivity contribution in [3.63, 3.8) is 0 Å². The maximum Gasteiger partial charge on any atom is 0.308 e. The molecule has 0 bridgehead atoms. The second-order valence-electron chi connectivity index (χ2n) is 3.65. The second-order valence-corrected chi connectivity index (χ2v) is 3.65. The molecule has 0 aliphatic heterocycles. The molecule has 5 heteroatoms. The average Bonchev–Trinajstić information content (AvgIpc) is 2.28. The van der Waals surface area contributed by atoms with Crippen molar-refractivity contribution in [1.29, 1.82) is 0 Å². The van der Waals surface area contributed by atoms with E-state index < -0.39 is 5.82 Å². The second kappa shape index (κ2) is 6.20. The fourth-order valence-electron chi connectivity index (χ4n) is 1.36. The highest BCUT2D eigenvalue weighted by Crippen LogP contribution is 2.24. The van der Waals surface area contributed by atoms with Crippen LogP contribution in [-0.2, 0) is 9.53 Å². The maximum atomic E-state index is 13.1. The number of halogens is 1. The molecule has 0 amide bonds. The molecule has 0 aliphatic carbocycles. The van der Waals surface area contributed by atoms with Crippen molar-refractivity contribution in [1.82, 2.24) is 0 Å². The summed E-state index contributed by atoms with van der Waals surface area (Å²) < 4.78 is 22.9. The van der Waals surface area contributed by atoms with Gasteiger partial charge in [0.15, 0.2) is 0 Å². The van der Waals surface area contributed by atoms with E-state index >= 15 is 0 Å². The van der Waals surface area contributed by atoms with Crippen LogP contribution >= 0.6 is 0 Å². The number of rotatable bonds is 5.